The van der Waals surface area contributed by atoms with Crippen molar-refractivity contribution >= 4 is 23.2 Å². The van der Waals surface area contributed by atoms with E-state index in [4.69, 9.17) is 11.6 Å². The molecule has 0 saturated heterocycles. The SMILES string of the molecule is O=C(CNC1=NCCCC1)c1ccc(Cl)cc1. The zero-order chi connectivity index (χ0) is 12.1. The first-order chi connectivity index (χ1) is 8.25. The summed E-state index contributed by atoms with van der Waals surface area (Å²) in [7, 11) is 0. The van der Waals surface area contributed by atoms with Crippen molar-refractivity contribution in [2.24, 2.45) is 4.99 Å². The Balaban J connectivity index is 1.88. The zero-order valence-electron chi connectivity index (χ0n) is 9.58. The molecule has 1 heterocycles. The predicted molar refractivity (Wildman–Crippen MR) is 69.9 cm³/mol. The van der Waals surface area contributed by atoms with Crippen LogP contribution in [0.3, 0.4) is 0 Å². The van der Waals surface area contributed by atoms with Crippen molar-refractivity contribution in [3.63, 3.8) is 0 Å². The minimum atomic E-state index is 0.0648. The van der Waals surface area contributed by atoms with E-state index in [0.717, 1.165) is 31.6 Å². The fraction of sp³-hybridized carbons (Fsp3) is 0.385. The summed E-state index contributed by atoms with van der Waals surface area (Å²) in [6, 6.07) is 6.95. The van der Waals surface area contributed by atoms with E-state index in [-0.39, 0.29) is 5.78 Å². The highest BCUT2D eigenvalue weighted by molar-refractivity contribution is 6.30. The highest BCUT2D eigenvalue weighted by Gasteiger charge is 2.08. The Kier molecular flexibility index (Phi) is 4.15. The predicted octanol–water partition coefficient (Wildman–Crippen LogP) is 2.69. The van der Waals surface area contributed by atoms with Crippen LogP contribution >= 0.6 is 11.6 Å². The van der Waals surface area contributed by atoms with Crippen LogP contribution in [0.15, 0.2) is 29.3 Å². The van der Waals surface area contributed by atoms with Crippen LogP contribution in [-0.2, 0) is 0 Å². The van der Waals surface area contributed by atoms with Crippen molar-refractivity contribution in [2.75, 3.05) is 13.1 Å². The quantitative estimate of drug-likeness (QED) is 0.838. The number of carbonyl (C=O) groups excluding carboxylic acids is 1. The molecule has 1 aliphatic heterocycles. The maximum atomic E-state index is 11.8. The number of ketones is 1. The minimum absolute atomic E-state index is 0.0648. The minimum Gasteiger partial charge on any atom is -0.366 e. The summed E-state index contributed by atoms with van der Waals surface area (Å²) in [5.74, 6) is 1.02. The first kappa shape index (κ1) is 12.1. The molecule has 3 nitrogen and oxygen atoms in total. The summed E-state index contributed by atoms with van der Waals surface area (Å²) >= 11 is 5.77. The molecule has 0 radical (unpaired) electrons. The second kappa shape index (κ2) is 5.82. The van der Waals surface area contributed by atoms with Gasteiger partial charge in [-0.25, -0.2) is 0 Å². The van der Waals surface area contributed by atoms with Crippen molar-refractivity contribution in [1.82, 2.24) is 5.32 Å². The Morgan fingerprint density at radius 1 is 1.29 bits per heavy atom. The summed E-state index contributed by atoms with van der Waals surface area (Å²) in [5, 5.41) is 3.75. The van der Waals surface area contributed by atoms with E-state index in [9.17, 15) is 4.79 Å². The Morgan fingerprint density at radius 3 is 2.71 bits per heavy atom. The molecule has 0 atom stereocenters. The second-order valence-corrected chi connectivity index (χ2v) is 4.51. The maximum Gasteiger partial charge on any atom is 0.181 e. The van der Waals surface area contributed by atoms with Gasteiger partial charge in [0.25, 0.3) is 0 Å². The molecular weight excluding hydrogens is 236 g/mol. The van der Waals surface area contributed by atoms with Gasteiger partial charge in [0.05, 0.1) is 12.4 Å². The van der Waals surface area contributed by atoms with Crippen LogP contribution in [0.2, 0.25) is 5.02 Å². The van der Waals surface area contributed by atoms with Crippen LogP contribution in [0.1, 0.15) is 29.6 Å². The first-order valence-corrected chi connectivity index (χ1v) is 6.19. The molecule has 0 amide bonds. The summed E-state index contributed by atoms with van der Waals surface area (Å²) < 4.78 is 0. The molecule has 0 aromatic heterocycles. The van der Waals surface area contributed by atoms with E-state index >= 15 is 0 Å². The number of benzene rings is 1. The molecule has 2 rings (SSSR count). The molecule has 0 spiro atoms. The van der Waals surface area contributed by atoms with Gasteiger partial charge in [0, 0.05) is 23.6 Å². The molecule has 0 aliphatic carbocycles. The number of halogens is 1. The van der Waals surface area contributed by atoms with Gasteiger partial charge in [-0.1, -0.05) is 11.6 Å². The number of nitrogens with one attached hydrogen (secondary N) is 1. The number of aliphatic imine (C=N–C) groups is 1. The molecule has 1 aliphatic rings. The smallest absolute Gasteiger partial charge is 0.181 e. The third kappa shape index (κ3) is 3.56. The number of Topliss-reactive ketones (excluding diaryl/α,β-unsaturated/α-hetero) is 1. The molecule has 0 bridgehead atoms. The Hall–Kier alpha value is -1.35. The summed E-state index contributed by atoms with van der Waals surface area (Å²) in [4.78, 5) is 16.2. The number of nitrogens with zero attached hydrogens (tertiary/aromatic N) is 1. The number of hydrogen-bond donors (Lipinski definition) is 1. The van der Waals surface area contributed by atoms with Gasteiger partial charge in [-0.2, -0.15) is 0 Å². The summed E-state index contributed by atoms with van der Waals surface area (Å²) in [5.41, 5.74) is 0.679. The highest BCUT2D eigenvalue weighted by Crippen LogP contribution is 2.10. The average Bonchev–Trinajstić information content (AvgIpc) is 2.38. The molecule has 1 N–H and O–H groups in total. The van der Waals surface area contributed by atoms with Gasteiger partial charge in [0.1, 0.15) is 0 Å². The van der Waals surface area contributed by atoms with E-state index in [0.29, 0.717) is 17.1 Å². The van der Waals surface area contributed by atoms with Crippen LogP contribution in [0.4, 0.5) is 0 Å². The second-order valence-electron chi connectivity index (χ2n) is 4.07. The van der Waals surface area contributed by atoms with Gasteiger partial charge < -0.3 is 5.32 Å². The molecule has 0 saturated carbocycles. The third-order valence-corrected chi connectivity index (χ3v) is 3.00. The van der Waals surface area contributed by atoms with Crippen molar-refractivity contribution in [3.05, 3.63) is 34.9 Å². The lowest BCUT2D eigenvalue weighted by molar-refractivity contribution is 0.0996. The lowest BCUT2D eigenvalue weighted by atomic mass is 10.1. The summed E-state index contributed by atoms with van der Waals surface area (Å²) in [6.45, 7) is 1.18. The lowest BCUT2D eigenvalue weighted by Gasteiger charge is -2.13. The molecule has 0 unspecified atom stereocenters. The van der Waals surface area contributed by atoms with Crippen LogP contribution in [0, 0.1) is 0 Å². The molecule has 17 heavy (non-hydrogen) atoms. The van der Waals surface area contributed by atoms with Gasteiger partial charge in [0.15, 0.2) is 5.78 Å². The monoisotopic (exact) mass is 250 g/mol. The van der Waals surface area contributed by atoms with Crippen molar-refractivity contribution in [3.8, 4) is 0 Å². The fourth-order valence-electron chi connectivity index (χ4n) is 1.76. The van der Waals surface area contributed by atoms with E-state index in [1.165, 1.54) is 0 Å². The van der Waals surface area contributed by atoms with Crippen molar-refractivity contribution in [1.29, 1.82) is 0 Å². The van der Waals surface area contributed by atoms with E-state index in [1.54, 1.807) is 24.3 Å². The number of hydrogen-bond acceptors (Lipinski definition) is 3. The Labute approximate surface area is 106 Å². The van der Waals surface area contributed by atoms with E-state index in [2.05, 4.69) is 10.3 Å². The molecule has 1 aromatic carbocycles. The third-order valence-electron chi connectivity index (χ3n) is 2.74. The normalized spacial score (nSPS) is 15.2. The van der Waals surface area contributed by atoms with Crippen molar-refractivity contribution in [2.45, 2.75) is 19.3 Å². The molecule has 4 heteroatoms. The average molecular weight is 251 g/mol. The van der Waals surface area contributed by atoms with E-state index in [1.807, 2.05) is 0 Å². The highest BCUT2D eigenvalue weighted by atomic mass is 35.5. The topological polar surface area (TPSA) is 41.5 Å². The van der Waals surface area contributed by atoms with E-state index < -0.39 is 0 Å². The van der Waals surface area contributed by atoms with Crippen LogP contribution in [-0.4, -0.2) is 24.7 Å². The Bertz CT molecular complexity index is 426. The maximum absolute atomic E-state index is 11.8. The van der Waals surface area contributed by atoms with Gasteiger partial charge in [-0.3, -0.25) is 9.79 Å². The molecule has 0 fully saturated rings. The van der Waals surface area contributed by atoms with Gasteiger partial charge in [-0.05, 0) is 37.1 Å². The van der Waals surface area contributed by atoms with Gasteiger partial charge in [-0.15, -0.1) is 0 Å². The number of carbonyl (C=O) groups is 1. The van der Waals surface area contributed by atoms with Crippen LogP contribution < -0.4 is 5.32 Å². The van der Waals surface area contributed by atoms with Crippen LogP contribution in [0.25, 0.3) is 0 Å². The fourth-order valence-corrected chi connectivity index (χ4v) is 1.89. The zero-order valence-corrected chi connectivity index (χ0v) is 10.3. The molecular formula is C13H15ClN2O. The Morgan fingerprint density at radius 2 is 2.06 bits per heavy atom. The number of rotatable bonds is 3. The van der Waals surface area contributed by atoms with Crippen LogP contribution in [0.5, 0.6) is 0 Å². The lowest BCUT2D eigenvalue weighted by Crippen LogP contribution is -2.31. The largest absolute Gasteiger partial charge is 0.366 e. The molecule has 1 aromatic rings. The van der Waals surface area contributed by atoms with Gasteiger partial charge in [0.2, 0.25) is 0 Å². The van der Waals surface area contributed by atoms with Gasteiger partial charge >= 0.3 is 0 Å². The first-order valence-electron chi connectivity index (χ1n) is 5.81. The standard InChI is InChI=1S/C13H15ClN2O/c14-11-6-4-10(5-7-11)12(17)9-16-13-3-1-2-8-15-13/h4-7H,1-3,8-9H2,(H,15,16). The van der Waals surface area contributed by atoms with Crippen molar-refractivity contribution < 1.29 is 4.79 Å². The number of amidine groups is 1. The molecule has 90 valence electrons. The summed E-state index contributed by atoms with van der Waals surface area (Å²) in [6.07, 6.45) is 3.26.